The first-order valence-corrected chi connectivity index (χ1v) is 10.2. The molecule has 0 aliphatic rings. The predicted octanol–water partition coefficient (Wildman–Crippen LogP) is 2.75. The van der Waals surface area contributed by atoms with E-state index in [1.165, 1.54) is 13.8 Å². The molecule has 7 nitrogen and oxygen atoms in total. The Bertz CT molecular complexity index is 922. The van der Waals surface area contributed by atoms with Crippen LogP contribution in [0.4, 0.5) is 17.1 Å². The van der Waals surface area contributed by atoms with E-state index in [2.05, 4.69) is 10.6 Å². The molecule has 2 N–H and O–H groups in total. The van der Waals surface area contributed by atoms with Gasteiger partial charge < -0.3 is 10.6 Å². The third-order valence-electron chi connectivity index (χ3n) is 3.85. The zero-order valence-electron chi connectivity index (χ0n) is 15.7. The summed E-state index contributed by atoms with van der Waals surface area (Å²) in [4.78, 5) is 23.7. The number of sulfonamides is 1. The van der Waals surface area contributed by atoms with Gasteiger partial charge in [0.25, 0.3) is 0 Å². The van der Waals surface area contributed by atoms with Crippen molar-refractivity contribution in [1.29, 1.82) is 0 Å². The highest BCUT2D eigenvalue weighted by Crippen LogP contribution is 2.22. The average molecular weight is 389 g/mol. The van der Waals surface area contributed by atoms with Crippen molar-refractivity contribution in [2.24, 2.45) is 0 Å². The zero-order valence-corrected chi connectivity index (χ0v) is 16.5. The van der Waals surface area contributed by atoms with Crippen LogP contribution in [0.5, 0.6) is 0 Å². The summed E-state index contributed by atoms with van der Waals surface area (Å²) in [7, 11) is -3.66. The number of benzene rings is 2. The molecule has 0 saturated carbocycles. The molecule has 0 unspecified atom stereocenters. The van der Waals surface area contributed by atoms with Crippen molar-refractivity contribution in [3.05, 3.63) is 54.1 Å². The molecule has 8 heteroatoms. The lowest BCUT2D eigenvalue weighted by atomic mass is 10.2. The fourth-order valence-corrected chi connectivity index (χ4v) is 3.76. The Morgan fingerprint density at radius 1 is 0.926 bits per heavy atom. The Hall–Kier alpha value is -2.87. The van der Waals surface area contributed by atoms with E-state index in [0.717, 1.165) is 16.1 Å². The number of aryl methyl sites for hydroxylation is 1. The lowest BCUT2D eigenvalue weighted by molar-refractivity contribution is -0.117. The molecule has 144 valence electrons. The molecule has 0 heterocycles. The first kappa shape index (κ1) is 20.4. The van der Waals surface area contributed by atoms with Crippen molar-refractivity contribution < 1.29 is 18.0 Å². The summed E-state index contributed by atoms with van der Waals surface area (Å²) in [5, 5.41) is 5.33. The lowest BCUT2D eigenvalue weighted by Crippen LogP contribution is -2.45. The van der Waals surface area contributed by atoms with Gasteiger partial charge in [0.05, 0.1) is 11.9 Å². The first-order valence-electron chi connectivity index (χ1n) is 8.32. The van der Waals surface area contributed by atoms with Gasteiger partial charge in [0.1, 0.15) is 6.04 Å². The molecule has 0 spiro atoms. The second kappa shape index (κ2) is 8.22. The van der Waals surface area contributed by atoms with Crippen LogP contribution in [-0.4, -0.2) is 32.5 Å². The van der Waals surface area contributed by atoms with E-state index in [0.29, 0.717) is 17.1 Å². The standard InChI is InChI=1S/C19H23N3O4S/c1-13-5-11-18(12-6-13)22(27(4,25)26)14(2)19(24)21-17-9-7-16(8-10-17)20-15(3)23/h5-12,14H,1-4H3,(H,20,23)(H,21,24)/t14-/m0/s1. The molecule has 27 heavy (non-hydrogen) atoms. The summed E-state index contributed by atoms with van der Waals surface area (Å²) < 4.78 is 25.6. The minimum atomic E-state index is -3.66. The van der Waals surface area contributed by atoms with Crippen molar-refractivity contribution in [2.75, 3.05) is 21.2 Å². The van der Waals surface area contributed by atoms with Gasteiger partial charge in [-0.15, -0.1) is 0 Å². The Morgan fingerprint density at radius 3 is 1.85 bits per heavy atom. The maximum atomic E-state index is 12.6. The van der Waals surface area contributed by atoms with E-state index >= 15 is 0 Å². The fraction of sp³-hybridized carbons (Fsp3) is 0.263. The lowest BCUT2D eigenvalue weighted by Gasteiger charge is -2.28. The van der Waals surface area contributed by atoms with Gasteiger partial charge >= 0.3 is 0 Å². The molecule has 2 aromatic rings. The van der Waals surface area contributed by atoms with Crippen LogP contribution in [0.15, 0.2) is 48.5 Å². The fourth-order valence-electron chi connectivity index (χ4n) is 2.59. The molecular formula is C19H23N3O4S. The highest BCUT2D eigenvalue weighted by atomic mass is 32.2. The molecule has 2 amide bonds. The van der Waals surface area contributed by atoms with Crippen LogP contribution in [0.25, 0.3) is 0 Å². The van der Waals surface area contributed by atoms with Crippen molar-refractivity contribution in [3.63, 3.8) is 0 Å². The first-order chi connectivity index (χ1) is 12.6. The molecule has 1 atom stereocenters. The van der Waals surface area contributed by atoms with Crippen molar-refractivity contribution in [2.45, 2.75) is 26.8 Å². The minimum absolute atomic E-state index is 0.192. The number of hydrogen-bond donors (Lipinski definition) is 2. The highest BCUT2D eigenvalue weighted by Gasteiger charge is 2.29. The number of hydrogen-bond acceptors (Lipinski definition) is 4. The van der Waals surface area contributed by atoms with Crippen LogP contribution in [0.3, 0.4) is 0 Å². The van der Waals surface area contributed by atoms with Crippen LogP contribution in [0.2, 0.25) is 0 Å². The summed E-state index contributed by atoms with van der Waals surface area (Å²) >= 11 is 0. The topological polar surface area (TPSA) is 95.6 Å². The normalized spacial score (nSPS) is 12.1. The number of nitrogens with one attached hydrogen (secondary N) is 2. The van der Waals surface area contributed by atoms with E-state index < -0.39 is 22.0 Å². The molecule has 0 radical (unpaired) electrons. The van der Waals surface area contributed by atoms with E-state index in [9.17, 15) is 18.0 Å². The molecule has 2 aromatic carbocycles. The van der Waals surface area contributed by atoms with E-state index in [4.69, 9.17) is 0 Å². The highest BCUT2D eigenvalue weighted by molar-refractivity contribution is 7.92. The Kier molecular flexibility index (Phi) is 6.22. The van der Waals surface area contributed by atoms with Crippen molar-refractivity contribution in [3.8, 4) is 0 Å². The molecule has 0 aromatic heterocycles. The van der Waals surface area contributed by atoms with Gasteiger partial charge in [-0.1, -0.05) is 17.7 Å². The molecule has 2 rings (SSSR count). The summed E-state index contributed by atoms with van der Waals surface area (Å²) in [6.45, 7) is 4.83. The largest absolute Gasteiger partial charge is 0.326 e. The maximum absolute atomic E-state index is 12.6. The third-order valence-corrected chi connectivity index (χ3v) is 5.09. The smallest absolute Gasteiger partial charge is 0.247 e. The van der Waals surface area contributed by atoms with Gasteiger partial charge in [0.15, 0.2) is 0 Å². The zero-order chi connectivity index (χ0) is 20.2. The summed E-state index contributed by atoms with van der Waals surface area (Å²) in [5.41, 5.74) is 2.51. The predicted molar refractivity (Wildman–Crippen MR) is 107 cm³/mol. The summed E-state index contributed by atoms with van der Waals surface area (Å²) in [6, 6.07) is 12.5. The van der Waals surface area contributed by atoms with E-state index in [1.807, 2.05) is 6.92 Å². The van der Waals surface area contributed by atoms with Gasteiger partial charge in [-0.3, -0.25) is 13.9 Å². The van der Waals surface area contributed by atoms with Crippen LogP contribution < -0.4 is 14.9 Å². The molecule has 0 aliphatic carbocycles. The number of anilines is 3. The number of carbonyl (C=O) groups is 2. The Morgan fingerprint density at radius 2 is 1.41 bits per heavy atom. The molecular weight excluding hydrogens is 366 g/mol. The maximum Gasteiger partial charge on any atom is 0.247 e. The molecule has 0 bridgehead atoms. The molecule has 0 saturated heterocycles. The van der Waals surface area contributed by atoms with E-state index in [1.54, 1.807) is 48.5 Å². The second-order valence-electron chi connectivity index (χ2n) is 6.32. The minimum Gasteiger partial charge on any atom is -0.326 e. The van der Waals surface area contributed by atoms with Crippen LogP contribution in [0, 0.1) is 6.92 Å². The van der Waals surface area contributed by atoms with Crippen molar-refractivity contribution >= 4 is 38.9 Å². The van der Waals surface area contributed by atoms with E-state index in [-0.39, 0.29) is 5.91 Å². The molecule has 0 fully saturated rings. The van der Waals surface area contributed by atoms with Gasteiger partial charge in [0, 0.05) is 18.3 Å². The quantitative estimate of drug-likeness (QED) is 0.794. The Balaban J connectivity index is 2.19. The summed E-state index contributed by atoms with van der Waals surface area (Å²) in [5.74, 6) is -0.657. The Labute approximate surface area is 159 Å². The SMILES string of the molecule is CC(=O)Nc1ccc(NC(=O)[C@H](C)N(c2ccc(C)cc2)S(C)(=O)=O)cc1. The van der Waals surface area contributed by atoms with Gasteiger partial charge in [0.2, 0.25) is 21.8 Å². The average Bonchev–Trinajstić information content (AvgIpc) is 2.57. The monoisotopic (exact) mass is 389 g/mol. The second-order valence-corrected chi connectivity index (χ2v) is 8.18. The van der Waals surface area contributed by atoms with Crippen LogP contribution in [-0.2, 0) is 19.6 Å². The number of amides is 2. The number of carbonyl (C=O) groups excluding carboxylic acids is 2. The van der Waals surface area contributed by atoms with Gasteiger partial charge in [-0.05, 0) is 50.2 Å². The van der Waals surface area contributed by atoms with Crippen LogP contribution in [0.1, 0.15) is 19.4 Å². The summed E-state index contributed by atoms with van der Waals surface area (Å²) in [6.07, 6.45) is 1.07. The van der Waals surface area contributed by atoms with Gasteiger partial charge in [-0.25, -0.2) is 8.42 Å². The van der Waals surface area contributed by atoms with Gasteiger partial charge in [-0.2, -0.15) is 0 Å². The number of rotatable bonds is 6. The molecule has 0 aliphatic heterocycles. The van der Waals surface area contributed by atoms with Crippen molar-refractivity contribution in [1.82, 2.24) is 0 Å². The van der Waals surface area contributed by atoms with Crippen LogP contribution >= 0.6 is 0 Å². The third kappa shape index (κ3) is 5.55. The number of nitrogens with zero attached hydrogens (tertiary/aromatic N) is 1.